The van der Waals surface area contributed by atoms with Crippen LogP contribution >= 0.6 is 0 Å². The van der Waals surface area contributed by atoms with E-state index in [0.29, 0.717) is 0 Å². The predicted octanol–water partition coefficient (Wildman–Crippen LogP) is 1.70. The highest BCUT2D eigenvalue weighted by Crippen LogP contribution is 2.18. The van der Waals surface area contributed by atoms with Gasteiger partial charge in [0.25, 0.3) is 0 Å². The second kappa shape index (κ2) is 6.98. The molecule has 1 fully saturated rings. The second-order valence-corrected chi connectivity index (χ2v) is 5.75. The highest BCUT2D eigenvalue weighted by atomic mass is 15.3. The van der Waals surface area contributed by atoms with Crippen molar-refractivity contribution in [1.82, 2.24) is 14.8 Å². The van der Waals surface area contributed by atoms with Crippen LogP contribution in [0.25, 0.3) is 10.9 Å². The molecule has 0 amide bonds. The Labute approximate surface area is 126 Å². The van der Waals surface area contributed by atoms with Gasteiger partial charge in [0.1, 0.15) is 0 Å². The summed E-state index contributed by atoms with van der Waals surface area (Å²) in [5, 5.41) is 1.28. The van der Waals surface area contributed by atoms with E-state index in [2.05, 4.69) is 45.1 Å². The molecule has 0 atom stereocenters. The molecule has 21 heavy (non-hydrogen) atoms. The lowest BCUT2D eigenvalue weighted by molar-refractivity contribution is 0.127. The van der Waals surface area contributed by atoms with Crippen molar-refractivity contribution in [2.75, 3.05) is 39.3 Å². The molecule has 2 heterocycles. The molecule has 1 aliphatic rings. The van der Waals surface area contributed by atoms with Crippen molar-refractivity contribution in [3.05, 3.63) is 42.1 Å². The van der Waals surface area contributed by atoms with Crippen LogP contribution in [-0.4, -0.2) is 54.1 Å². The van der Waals surface area contributed by atoms with E-state index in [1.165, 1.54) is 10.9 Å². The van der Waals surface area contributed by atoms with Crippen molar-refractivity contribution in [2.24, 2.45) is 5.73 Å². The van der Waals surface area contributed by atoms with Gasteiger partial charge in [0.05, 0.1) is 5.52 Å². The number of nitrogens with zero attached hydrogens (tertiary/aromatic N) is 3. The van der Waals surface area contributed by atoms with Crippen LogP contribution in [0.15, 0.2) is 36.5 Å². The van der Waals surface area contributed by atoms with Gasteiger partial charge in [-0.3, -0.25) is 9.88 Å². The number of hydrogen-bond donors (Lipinski definition) is 1. The van der Waals surface area contributed by atoms with Gasteiger partial charge < -0.3 is 10.6 Å². The molecule has 0 radical (unpaired) electrons. The molecule has 0 bridgehead atoms. The van der Waals surface area contributed by atoms with Crippen molar-refractivity contribution in [2.45, 2.75) is 13.0 Å². The van der Waals surface area contributed by atoms with Crippen LogP contribution in [0.5, 0.6) is 0 Å². The van der Waals surface area contributed by atoms with Crippen LogP contribution < -0.4 is 5.73 Å². The van der Waals surface area contributed by atoms with Gasteiger partial charge >= 0.3 is 0 Å². The molecular weight excluding hydrogens is 260 g/mol. The van der Waals surface area contributed by atoms with E-state index in [1.807, 2.05) is 6.20 Å². The number of rotatable bonds is 5. The number of benzene rings is 1. The normalized spacial score (nSPS) is 17.4. The van der Waals surface area contributed by atoms with Gasteiger partial charge in [-0.05, 0) is 37.2 Å². The van der Waals surface area contributed by atoms with Crippen LogP contribution in [0.4, 0.5) is 0 Å². The number of hydrogen-bond acceptors (Lipinski definition) is 4. The first kappa shape index (κ1) is 14.4. The molecule has 0 aliphatic carbocycles. The number of piperazine rings is 1. The number of nitrogens with two attached hydrogens (primary N) is 1. The molecule has 4 heteroatoms. The summed E-state index contributed by atoms with van der Waals surface area (Å²) in [6, 6.07) is 10.6. The minimum absolute atomic E-state index is 0.795. The van der Waals surface area contributed by atoms with Gasteiger partial charge in [-0.25, -0.2) is 0 Å². The highest BCUT2D eigenvalue weighted by Gasteiger charge is 2.17. The standard InChI is InChI=1S/C17H24N4/c18-7-3-9-20-10-12-21(13-11-20)14-15-6-8-19-17-5-2-1-4-16(15)17/h1-2,4-6,8H,3,7,9-14,18H2. The lowest BCUT2D eigenvalue weighted by atomic mass is 10.1. The molecule has 1 aromatic carbocycles. The van der Waals surface area contributed by atoms with E-state index in [0.717, 1.165) is 57.8 Å². The third-order valence-electron chi connectivity index (χ3n) is 4.28. The van der Waals surface area contributed by atoms with Gasteiger partial charge in [0.2, 0.25) is 0 Å². The Bertz CT molecular complexity index is 571. The van der Waals surface area contributed by atoms with Gasteiger partial charge in [-0.2, -0.15) is 0 Å². The van der Waals surface area contributed by atoms with E-state index in [-0.39, 0.29) is 0 Å². The van der Waals surface area contributed by atoms with Crippen molar-refractivity contribution < 1.29 is 0 Å². The zero-order valence-electron chi connectivity index (χ0n) is 12.5. The van der Waals surface area contributed by atoms with Gasteiger partial charge in [-0.1, -0.05) is 18.2 Å². The van der Waals surface area contributed by atoms with E-state index < -0.39 is 0 Å². The molecule has 0 saturated carbocycles. The van der Waals surface area contributed by atoms with Crippen molar-refractivity contribution >= 4 is 10.9 Å². The lowest BCUT2D eigenvalue weighted by Gasteiger charge is -2.34. The Kier molecular flexibility index (Phi) is 4.80. The number of pyridine rings is 1. The van der Waals surface area contributed by atoms with E-state index in [9.17, 15) is 0 Å². The molecule has 2 N–H and O–H groups in total. The third kappa shape index (κ3) is 3.59. The molecule has 2 aromatic rings. The van der Waals surface area contributed by atoms with Crippen LogP contribution in [-0.2, 0) is 6.54 Å². The molecule has 0 spiro atoms. The molecule has 1 aromatic heterocycles. The Morgan fingerprint density at radius 1 is 1.00 bits per heavy atom. The van der Waals surface area contributed by atoms with Crippen LogP contribution in [0.3, 0.4) is 0 Å². The minimum Gasteiger partial charge on any atom is -0.330 e. The highest BCUT2D eigenvalue weighted by molar-refractivity contribution is 5.81. The first-order valence-electron chi connectivity index (χ1n) is 7.84. The van der Waals surface area contributed by atoms with Gasteiger partial charge in [-0.15, -0.1) is 0 Å². The van der Waals surface area contributed by atoms with Crippen molar-refractivity contribution in [3.8, 4) is 0 Å². The van der Waals surface area contributed by atoms with E-state index in [1.54, 1.807) is 0 Å². The zero-order valence-corrected chi connectivity index (χ0v) is 12.5. The molecule has 1 saturated heterocycles. The SMILES string of the molecule is NCCCN1CCN(Cc2ccnc3ccccc23)CC1. The summed E-state index contributed by atoms with van der Waals surface area (Å²) in [6.45, 7) is 7.55. The quantitative estimate of drug-likeness (QED) is 0.908. The second-order valence-electron chi connectivity index (χ2n) is 5.75. The van der Waals surface area contributed by atoms with E-state index in [4.69, 9.17) is 5.73 Å². The Balaban J connectivity index is 1.62. The molecule has 1 aliphatic heterocycles. The van der Waals surface area contributed by atoms with Crippen molar-refractivity contribution in [1.29, 1.82) is 0 Å². The van der Waals surface area contributed by atoms with Crippen molar-refractivity contribution in [3.63, 3.8) is 0 Å². The van der Waals surface area contributed by atoms with E-state index >= 15 is 0 Å². The fourth-order valence-electron chi connectivity index (χ4n) is 3.02. The molecule has 0 unspecified atom stereocenters. The maximum atomic E-state index is 5.58. The summed E-state index contributed by atoms with van der Waals surface area (Å²) in [4.78, 5) is 9.51. The maximum absolute atomic E-state index is 5.58. The summed E-state index contributed by atoms with van der Waals surface area (Å²) in [6.07, 6.45) is 3.03. The first-order valence-corrected chi connectivity index (χ1v) is 7.84. The average molecular weight is 284 g/mol. The predicted molar refractivity (Wildman–Crippen MR) is 87.1 cm³/mol. The largest absolute Gasteiger partial charge is 0.330 e. The maximum Gasteiger partial charge on any atom is 0.0705 e. The minimum atomic E-state index is 0.795. The summed E-state index contributed by atoms with van der Waals surface area (Å²) in [7, 11) is 0. The summed E-state index contributed by atoms with van der Waals surface area (Å²) in [5.41, 5.74) is 8.06. The Morgan fingerprint density at radius 3 is 2.57 bits per heavy atom. The summed E-state index contributed by atoms with van der Waals surface area (Å²) < 4.78 is 0. The fourth-order valence-corrected chi connectivity index (χ4v) is 3.02. The summed E-state index contributed by atoms with van der Waals surface area (Å²) >= 11 is 0. The number of aromatic nitrogens is 1. The zero-order chi connectivity index (χ0) is 14.5. The Hall–Kier alpha value is -1.49. The fraction of sp³-hybridized carbons (Fsp3) is 0.471. The molecule has 112 valence electrons. The van der Waals surface area contributed by atoms with Crippen LogP contribution in [0.2, 0.25) is 0 Å². The van der Waals surface area contributed by atoms with Gasteiger partial charge in [0, 0.05) is 44.3 Å². The lowest BCUT2D eigenvalue weighted by Crippen LogP contribution is -2.46. The molecule has 4 nitrogen and oxygen atoms in total. The Morgan fingerprint density at radius 2 is 1.76 bits per heavy atom. The monoisotopic (exact) mass is 284 g/mol. The third-order valence-corrected chi connectivity index (χ3v) is 4.28. The molecular formula is C17H24N4. The first-order chi connectivity index (χ1) is 10.4. The van der Waals surface area contributed by atoms with Gasteiger partial charge in [0.15, 0.2) is 0 Å². The number of para-hydroxylation sites is 1. The topological polar surface area (TPSA) is 45.4 Å². The molecule has 3 rings (SSSR count). The smallest absolute Gasteiger partial charge is 0.0705 e. The van der Waals surface area contributed by atoms with Crippen LogP contribution in [0.1, 0.15) is 12.0 Å². The average Bonchev–Trinajstić information content (AvgIpc) is 2.55. The number of fused-ring (bicyclic) bond motifs is 1. The van der Waals surface area contributed by atoms with Crippen LogP contribution in [0, 0.1) is 0 Å². The summed E-state index contributed by atoms with van der Waals surface area (Å²) in [5.74, 6) is 0.